The van der Waals surface area contributed by atoms with Crippen LogP contribution in [-0.2, 0) is 10.0 Å². The average Bonchev–Trinajstić information content (AvgIpc) is 2.33. The molecule has 0 saturated heterocycles. The van der Waals surface area contributed by atoms with Gasteiger partial charge in [-0.1, -0.05) is 0 Å². The van der Waals surface area contributed by atoms with Gasteiger partial charge in [0.1, 0.15) is 0 Å². The molecule has 0 fully saturated rings. The minimum Gasteiger partial charge on any atom is -0.206 e. The van der Waals surface area contributed by atoms with Crippen LogP contribution in [0.4, 0.5) is 61.5 Å². The van der Waals surface area contributed by atoms with Gasteiger partial charge in [0.15, 0.2) is 0 Å². The standard InChI is InChI=1S/C7H3F14NO2S/c8-2(9,3(10,11)5(14,15)16)1-22-25(23,24)7(20,21)4(12,13)6(17,18)19/h22H,1H2. The number of halogens is 14. The molecule has 0 aromatic carbocycles. The fourth-order valence-corrected chi connectivity index (χ4v) is 1.93. The second kappa shape index (κ2) is 5.98. The molecule has 1 N–H and O–H groups in total. The van der Waals surface area contributed by atoms with Gasteiger partial charge in [0, 0.05) is 0 Å². The van der Waals surface area contributed by atoms with Crippen LogP contribution in [0.15, 0.2) is 0 Å². The zero-order valence-electron chi connectivity index (χ0n) is 10.7. The van der Waals surface area contributed by atoms with Gasteiger partial charge in [0.2, 0.25) is 0 Å². The van der Waals surface area contributed by atoms with Crippen LogP contribution in [0.25, 0.3) is 0 Å². The molecule has 0 radical (unpaired) electrons. The predicted molar refractivity (Wildman–Crippen MR) is 48.8 cm³/mol. The summed E-state index contributed by atoms with van der Waals surface area (Å²) in [5.41, 5.74) is 0. The molecule has 0 heterocycles. The maximum atomic E-state index is 12.8. The maximum absolute atomic E-state index is 12.8. The topological polar surface area (TPSA) is 46.2 Å². The quantitative estimate of drug-likeness (QED) is 0.655. The minimum absolute atomic E-state index is 0.492. The zero-order chi connectivity index (χ0) is 20.9. The van der Waals surface area contributed by atoms with E-state index in [0.29, 0.717) is 0 Å². The molecule has 0 amide bonds. The summed E-state index contributed by atoms with van der Waals surface area (Å²) in [5, 5.41) is -7.21. The van der Waals surface area contributed by atoms with Gasteiger partial charge in [0.25, 0.3) is 10.0 Å². The molecule has 0 spiro atoms. The van der Waals surface area contributed by atoms with Crippen molar-refractivity contribution >= 4 is 10.0 Å². The molecule has 0 aromatic rings. The van der Waals surface area contributed by atoms with Crippen molar-refractivity contribution in [2.24, 2.45) is 0 Å². The van der Waals surface area contributed by atoms with Crippen molar-refractivity contribution in [2.45, 2.75) is 35.4 Å². The summed E-state index contributed by atoms with van der Waals surface area (Å²) in [5.74, 6) is -20.9. The van der Waals surface area contributed by atoms with Gasteiger partial charge in [-0.3, -0.25) is 0 Å². The Hall–Kier alpha value is -1.07. The SMILES string of the molecule is O=S(=O)(NCC(F)(F)C(F)(F)C(F)(F)F)C(F)(F)C(F)(F)C(F)(F)F. The van der Waals surface area contributed by atoms with Crippen molar-refractivity contribution in [3.05, 3.63) is 0 Å². The molecule has 0 aliphatic carbocycles. The Morgan fingerprint density at radius 2 is 0.920 bits per heavy atom. The summed E-state index contributed by atoms with van der Waals surface area (Å²) in [7, 11) is -7.47. The van der Waals surface area contributed by atoms with E-state index in [0.717, 1.165) is 0 Å². The highest BCUT2D eigenvalue weighted by molar-refractivity contribution is 7.90. The highest BCUT2D eigenvalue weighted by Gasteiger charge is 2.79. The highest BCUT2D eigenvalue weighted by Crippen LogP contribution is 2.49. The fourth-order valence-electron chi connectivity index (χ4n) is 0.928. The van der Waals surface area contributed by atoms with E-state index in [4.69, 9.17) is 0 Å². The molecule has 0 atom stereocenters. The molecule has 0 aliphatic rings. The number of nitrogens with one attached hydrogen (secondary N) is 1. The smallest absolute Gasteiger partial charge is 0.206 e. The third-order valence-corrected chi connectivity index (χ3v) is 3.81. The number of rotatable bonds is 6. The third-order valence-electron chi connectivity index (χ3n) is 2.36. The molecule has 3 nitrogen and oxygen atoms in total. The average molecular weight is 431 g/mol. The van der Waals surface area contributed by atoms with Crippen molar-refractivity contribution in [3.8, 4) is 0 Å². The molecule has 0 saturated carbocycles. The summed E-state index contributed by atoms with van der Waals surface area (Å²) >= 11 is 0. The summed E-state index contributed by atoms with van der Waals surface area (Å²) < 4.78 is 192. The van der Waals surface area contributed by atoms with Crippen LogP contribution >= 0.6 is 0 Å². The van der Waals surface area contributed by atoms with E-state index in [2.05, 4.69) is 0 Å². The van der Waals surface area contributed by atoms with Crippen LogP contribution in [0.5, 0.6) is 0 Å². The monoisotopic (exact) mass is 431 g/mol. The van der Waals surface area contributed by atoms with Crippen LogP contribution in [0, 0.1) is 0 Å². The number of alkyl halides is 14. The molecule has 152 valence electrons. The van der Waals surface area contributed by atoms with Gasteiger partial charge in [-0.2, -0.15) is 61.5 Å². The zero-order valence-corrected chi connectivity index (χ0v) is 11.5. The lowest BCUT2D eigenvalue weighted by molar-refractivity contribution is -0.352. The second-order valence-electron chi connectivity index (χ2n) is 4.19. The van der Waals surface area contributed by atoms with Crippen molar-refractivity contribution in [3.63, 3.8) is 0 Å². The van der Waals surface area contributed by atoms with E-state index < -0.39 is 56.7 Å². The molecule has 0 aliphatic heterocycles. The maximum Gasteiger partial charge on any atom is 0.461 e. The van der Waals surface area contributed by atoms with Gasteiger partial charge in [-0.05, 0) is 0 Å². The Morgan fingerprint density at radius 3 is 1.20 bits per heavy atom. The summed E-state index contributed by atoms with van der Waals surface area (Å²) in [6, 6.07) is 0. The second-order valence-corrected chi connectivity index (χ2v) is 6.00. The Labute approximate surface area is 128 Å². The van der Waals surface area contributed by atoms with Crippen molar-refractivity contribution in [1.82, 2.24) is 4.72 Å². The molecule has 0 aromatic heterocycles. The van der Waals surface area contributed by atoms with E-state index >= 15 is 0 Å². The van der Waals surface area contributed by atoms with Crippen LogP contribution in [0.3, 0.4) is 0 Å². The number of hydrogen-bond donors (Lipinski definition) is 1. The lowest BCUT2D eigenvalue weighted by Gasteiger charge is -2.30. The van der Waals surface area contributed by atoms with Crippen molar-refractivity contribution in [1.29, 1.82) is 0 Å². The van der Waals surface area contributed by atoms with E-state index in [1.54, 1.807) is 0 Å². The Morgan fingerprint density at radius 1 is 0.600 bits per heavy atom. The van der Waals surface area contributed by atoms with Crippen LogP contribution in [0.1, 0.15) is 0 Å². The molecule has 25 heavy (non-hydrogen) atoms. The lowest BCUT2D eigenvalue weighted by atomic mass is 10.1. The van der Waals surface area contributed by atoms with Gasteiger partial charge in [-0.25, -0.2) is 13.1 Å². The Kier molecular flexibility index (Phi) is 5.73. The largest absolute Gasteiger partial charge is 0.461 e. The molecule has 0 bridgehead atoms. The van der Waals surface area contributed by atoms with Crippen molar-refractivity contribution < 1.29 is 69.9 Å². The van der Waals surface area contributed by atoms with Gasteiger partial charge >= 0.3 is 35.4 Å². The molecule has 0 rings (SSSR count). The molecule has 18 heteroatoms. The first kappa shape index (κ1) is 23.9. The van der Waals surface area contributed by atoms with Gasteiger partial charge < -0.3 is 0 Å². The normalized spacial score (nSPS) is 16.2. The predicted octanol–water partition coefficient (Wildman–Crippen LogP) is 3.53. The van der Waals surface area contributed by atoms with E-state index in [1.165, 1.54) is 0 Å². The van der Waals surface area contributed by atoms with E-state index in [-0.39, 0.29) is 0 Å². The van der Waals surface area contributed by atoms with Gasteiger partial charge in [0.05, 0.1) is 6.54 Å². The van der Waals surface area contributed by atoms with E-state index in [9.17, 15) is 69.9 Å². The molecular weight excluding hydrogens is 428 g/mol. The summed E-state index contributed by atoms with van der Waals surface area (Å²) in [4.78, 5) is 0. The van der Waals surface area contributed by atoms with Crippen LogP contribution in [0.2, 0.25) is 0 Å². The fraction of sp³-hybridized carbons (Fsp3) is 1.00. The third kappa shape index (κ3) is 3.87. The van der Waals surface area contributed by atoms with Crippen molar-refractivity contribution in [2.75, 3.05) is 6.54 Å². The lowest BCUT2D eigenvalue weighted by Crippen LogP contribution is -2.62. The Bertz CT molecular complexity index is 587. The van der Waals surface area contributed by atoms with E-state index in [1.807, 2.05) is 0 Å². The van der Waals surface area contributed by atoms with Gasteiger partial charge in [-0.15, -0.1) is 0 Å². The first-order chi connectivity index (χ1) is 10.5. The minimum atomic E-state index is -7.47. The summed E-state index contributed by atoms with van der Waals surface area (Å²) in [6.45, 7) is -3.55. The Balaban J connectivity index is 5.70. The first-order valence-electron chi connectivity index (χ1n) is 5.09. The highest BCUT2D eigenvalue weighted by atomic mass is 32.2. The summed E-state index contributed by atoms with van der Waals surface area (Å²) in [6.07, 6.45) is -14.3. The van der Waals surface area contributed by atoms with Crippen LogP contribution < -0.4 is 4.72 Å². The molecule has 0 unspecified atom stereocenters. The van der Waals surface area contributed by atoms with Crippen LogP contribution in [-0.4, -0.2) is 50.3 Å². The molecular formula is C7H3F14NO2S. The number of hydrogen-bond acceptors (Lipinski definition) is 2. The number of sulfonamides is 1. The first-order valence-corrected chi connectivity index (χ1v) is 6.58.